The summed E-state index contributed by atoms with van der Waals surface area (Å²) in [6, 6.07) is 4.94. The molecule has 1 amide bonds. The highest BCUT2D eigenvalue weighted by Gasteiger charge is 2.41. The molecule has 1 spiro atoms. The number of halogens is 1. The van der Waals surface area contributed by atoms with E-state index in [1.54, 1.807) is 12.1 Å². The zero-order valence-electron chi connectivity index (χ0n) is 16.7. The Morgan fingerprint density at radius 1 is 1.26 bits per heavy atom. The van der Waals surface area contributed by atoms with Gasteiger partial charge in [-0.3, -0.25) is 4.79 Å². The van der Waals surface area contributed by atoms with Crippen molar-refractivity contribution in [3.05, 3.63) is 29.6 Å². The topological polar surface area (TPSA) is 41.6 Å². The summed E-state index contributed by atoms with van der Waals surface area (Å²) in [6.07, 6.45) is 6.43. The number of nitrogens with one attached hydrogen (secondary N) is 1. The van der Waals surface area contributed by atoms with Crippen LogP contribution < -0.4 is 10.1 Å². The molecule has 1 N–H and O–H groups in total. The van der Waals surface area contributed by atoms with Crippen LogP contribution in [0.4, 0.5) is 4.39 Å². The van der Waals surface area contributed by atoms with Crippen LogP contribution in [0.3, 0.4) is 0 Å². The fraction of sp³-hybridized carbons (Fsp3) is 0.682. The molecule has 2 aliphatic rings. The van der Waals surface area contributed by atoms with E-state index in [9.17, 15) is 9.18 Å². The molecular weight excluding hydrogens is 343 g/mol. The fourth-order valence-electron chi connectivity index (χ4n) is 4.61. The second kappa shape index (κ2) is 9.05. The number of benzene rings is 1. The number of nitrogens with zero attached hydrogens (tertiary/aromatic N) is 1. The second-order valence-electron chi connectivity index (χ2n) is 7.93. The van der Waals surface area contributed by atoms with Crippen LogP contribution in [0.15, 0.2) is 18.2 Å². The fourth-order valence-corrected chi connectivity index (χ4v) is 4.61. The molecule has 150 valence electrons. The molecule has 1 unspecified atom stereocenters. The highest BCUT2D eigenvalue weighted by atomic mass is 19.1. The molecule has 0 radical (unpaired) electrons. The van der Waals surface area contributed by atoms with Gasteiger partial charge in [-0.1, -0.05) is 6.42 Å². The normalized spacial score (nSPS) is 20.8. The van der Waals surface area contributed by atoms with Crippen molar-refractivity contribution in [1.29, 1.82) is 0 Å². The molecular formula is C22H33FN2O2. The molecule has 0 bridgehead atoms. The molecule has 2 aliphatic heterocycles. The minimum Gasteiger partial charge on any atom is -0.487 e. The van der Waals surface area contributed by atoms with Crippen LogP contribution in [-0.2, 0) is 4.79 Å². The van der Waals surface area contributed by atoms with E-state index in [4.69, 9.17) is 4.74 Å². The van der Waals surface area contributed by atoms with Crippen molar-refractivity contribution in [2.24, 2.45) is 0 Å². The van der Waals surface area contributed by atoms with Crippen LogP contribution in [0.2, 0.25) is 0 Å². The summed E-state index contributed by atoms with van der Waals surface area (Å²) in [5.41, 5.74) is 0.895. The van der Waals surface area contributed by atoms with E-state index >= 15 is 0 Å². The Morgan fingerprint density at radius 2 is 2.00 bits per heavy atom. The Hall–Kier alpha value is -1.62. The average Bonchev–Trinajstić information content (AvgIpc) is 2.67. The molecule has 0 aromatic heterocycles. The Kier molecular flexibility index (Phi) is 6.74. The minimum atomic E-state index is -0.194. The van der Waals surface area contributed by atoms with Crippen molar-refractivity contribution in [2.45, 2.75) is 70.3 Å². The first-order valence-electron chi connectivity index (χ1n) is 10.5. The largest absolute Gasteiger partial charge is 0.487 e. The third-order valence-corrected chi connectivity index (χ3v) is 6.18. The van der Waals surface area contributed by atoms with Gasteiger partial charge in [-0.05, 0) is 83.2 Å². The zero-order chi connectivity index (χ0) is 19.3. The van der Waals surface area contributed by atoms with Crippen molar-refractivity contribution in [3.63, 3.8) is 0 Å². The van der Waals surface area contributed by atoms with Gasteiger partial charge in [0.1, 0.15) is 17.2 Å². The minimum absolute atomic E-state index is 0.113. The third kappa shape index (κ3) is 4.81. The predicted octanol–water partition coefficient (Wildman–Crippen LogP) is 4.24. The van der Waals surface area contributed by atoms with Gasteiger partial charge in [-0.15, -0.1) is 0 Å². The number of amides is 1. The number of rotatable bonds is 7. The molecule has 0 aliphatic carbocycles. The highest BCUT2D eigenvalue weighted by molar-refractivity contribution is 5.76. The molecule has 2 heterocycles. The van der Waals surface area contributed by atoms with Crippen LogP contribution in [0.5, 0.6) is 5.75 Å². The number of hydrogen-bond acceptors (Lipinski definition) is 3. The van der Waals surface area contributed by atoms with E-state index in [1.807, 2.05) is 18.7 Å². The van der Waals surface area contributed by atoms with Gasteiger partial charge in [0.15, 0.2) is 0 Å². The van der Waals surface area contributed by atoms with Gasteiger partial charge < -0.3 is 15.0 Å². The Morgan fingerprint density at radius 3 is 2.70 bits per heavy atom. The smallest absolute Gasteiger partial charge is 0.222 e. The monoisotopic (exact) mass is 376 g/mol. The van der Waals surface area contributed by atoms with Gasteiger partial charge in [0.05, 0.1) is 0 Å². The molecule has 27 heavy (non-hydrogen) atoms. The number of carbonyl (C=O) groups excluding carboxylic acids is 1. The quantitative estimate of drug-likeness (QED) is 0.724. The van der Waals surface area contributed by atoms with Crippen LogP contribution in [0, 0.1) is 5.82 Å². The van der Waals surface area contributed by atoms with Gasteiger partial charge in [0.2, 0.25) is 5.91 Å². The second-order valence-corrected chi connectivity index (χ2v) is 7.93. The summed E-state index contributed by atoms with van der Waals surface area (Å²) >= 11 is 0. The summed E-state index contributed by atoms with van der Waals surface area (Å²) < 4.78 is 20.2. The molecule has 5 heteroatoms. The van der Waals surface area contributed by atoms with Crippen LogP contribution >= 0.6 is 0 Å². The van der Waals surface area contributed by atoms with Gasteiger partial charge in [-0.25, -0.2) is 4.39 Å². The third-order valence-electron chi connectivity index (χ3n) is 6.18. The first-order chi connectivity index (χ1) is 13.1. The lowest BCUT2D eigenvalue weighted by molar-refractivity contribution is -0.130. The maximum atomic E-state index is 13.8. The van der Waals surface area contributed by atoms with Crippen molar-refractivity contribution >= 4 is 5.91 Å². The van der Waals surface area contributed by atoms with E-state index in [0.717, 1.165) is 76.0 Å². The van der Waals surface area contributed by atoms with E-state index in [1.165, 1.54) is 6.07 Å². The molecule has 1 atom stereocenters. The molecule has 4 nitrogen and oxygen atoms in total. The predicted molar refractivity (Wildman–Crippen MR) is 106 cm³/mol. The molecule has 3 rings (SSSR count). The van der Waals surface area contributed by atoms with Crippen molar-refractivity contribution in [3.8, 4) is 5.75 Å². The summed E-state index contributed by atoms with van der Waals surface area (Å²) in [6.45, 7) is 7.54. The average molecular weight is 377 g/mol. The Bertz CT molecular complexity index is 639. The number of piperidine rings is 1. The van der Waals surface area contributed by atoms with E-state index in [-0.39, 0.29) is 17.3 Å². The van der Waals surface area contributed by atoms with E-state index in [2.05, 4.69) is 5.32 Å². The molecule has 0 saturated carbocycles. The van der Waals surface area contributed by atoms with Crippen molar-refractivity contribution < 1.29 is 13.9 Å². The van der Waals surface area contributed by atoms with E-state index < -0.39 is 0 Å². The van der Waals surface area contributed by atoms with Gasteiger partial charge in [-0.2, -0.15) is 0 Å². The molecule has 1 aromatic carbocycles. The SMILES string of the molecule is CCN(CC)C(=O)CCCCC1CC2(CCNCC2)Oc2ccc(F)cc21. The maximum Gasteiger partial charge on any atom is 0.222 e. The van der Waals surface area contributed by atoms with Crippen molar-refractivity contribution in [2.75, 3.05) is 26.2 Å². The molecule has 1 saturated heterocycles. The zero-order valence-corrected chi connectivity index (χ0v) is 16.7. The lowest BCUT2D eigenvalue weighted by Gasteiger charge is -2.45. The number of unbranched alkanes of at least 4 members (excludes halogenated alkanes) is 1. The molecule has 1 aromatic rings. The van der Waals surface area contributed by atoms with Crippen LogP contribution in [0.1, 0.15) is 70.3 Å². The van der Waals surface area contributed by atoms with Crippen LogP contribution in [0.25, 0.3) is 0 Å². The number of hydrogen-bond donors (Lipinski definition) is 1. The standard InChI is InChI=1S/C22H33FN2O2/c1-3-25(4-2)21(26)8-6-5-7-17-16-22(11-13-24-14-12-22)27-20-10-9-18(23)15-19(17)20/h9-10,15,17,24H,3-8,11-14,16H2,1-2H3. The first-order valence-corrected chi connectivity index (χ1v) is 10.5. The summed E-state index contributed by atoms with van der Waals surface area (Å²) in [5.74, 6) is 1.22. The summed E-state index contributed by atoms with van der Waals surface area (Å²) in [5, 5.41) is 3.41. The summed E-state index contributed by atoms with van der Waals surface area (Å²) in [7, 11) is 0. The number of fused-ring (bicyclic) bond motifs is 1. The van der Waals surface area contributed by atoms with Gasteiger partial charge >= 0.3 is 0 Å². The van der Waals surface area contributed by atoms with Crippen LogP contribution in [-0.4, -0.2) is 42.6 Å². The number of carbonyl (C=O) groups is 1. The highest BCUT2D eigenvalue weighted by Crippen LogP contribution is 2.46. The Balaban J connectivity index is 1.63. The van der Waals surface area contributed by atoms with Crippen molar-refractivity contribution in [1.82, 2.24) is 10.2 Å². The van der Waals surface area contributed by atoms with E-state index in [0.29, 0.717) is 12.3 Å². The van der Waals surface area contributed by atoms with Gasteiger partial charge in [0, 0.05) is 25.1 Å². The summed E-state index contributed by atoms with van der Waals surface area (Å²) in [4.78, 5) is 14.1. The number of ether oxygens (including phenoxy) is 1. The Labute approximate surface area is 162 Å². The lowest BCUT2D eigenvalue weighted by atomic mass is 9.76. The molecule has 1 fully saturated rings. The first kappa shape index (κ1) is 20.1. The maximum absolute atomic E-state index is 13.8. The van der Waals surface area contributed by atoms with Gasteiger partial charge in [0.25, 0.3) is 0 Å². The lowest BCUT2D eigenvalue weighted by Crippen LogP contribution is -2.49.